The Bertz CT molecular complexity index is 1220. The van der Waals surface area contributed by atoms with Gasteiger partial charge in [-0.3, -0.25) is 19.3 Å². The molecule has 2 amide bonds. The van der Waals surface area contributed by atoms with Crippen LogP contribution in [0.3, 0.4) is 0 Å². The Morgan fingerprint density at radius 2 is 1.77 bits per heavy atom. The molecule has 0 saturated carbocycles. The number of thiazole rings is 1. The molecule has 0 atom stereocenters. The number of rotatable bonds is 2. The van der Waals surface area contributed by atoms with Crippen molar-refractivity contribution in [1.29, 1.82) is 0 Å². The van der Waals surface area contributed by atoms with Crippen molar-refractivity contribution >= 4 is 55.5 Å². The van der Waals surface area contributed by atoms with Gasteiger partial charge in [0.2, 0.25) is 0 Å². The summed E-state index contributed by atoms with van der Waals surface area (Å²) in [6.07, 6.45) is 1.76. The van der Waals surface area contributed by atoms with Crippen LogP contribution in [0.4, 0.5) is 4.79 Å². The van der Waals surface area contributed by atoms with Gasteiger partial charge >= 0.3 is 0 Å². The number of imidazole rings is 1. The van der Waals surface area contributed by atoms with Crippen molar-refractivity contribution in [2.75, 3.05) is 0 Å². The summed E-state index contributed by atoms with van der Waals surface area (Å²) in [6.45, 7) is 0. The number of aromatic nitrogens is 2. The molecule has 5 rings (SSSR count). The van der Waals surface area contributed by atoms with Gasteiger partial charge in [-0.2, -0.15) is 0 Å². The van der Waals surface area contributed by atoms with E-state index in [1.807, 2.05) is 59.0 Å². The van der Waals surface area contributed by atoms with Gasteiger partial charge < -0.3 is 0 Å². The molecule has 2 aromatic heterocycles. The second kappa shape index (κ2) is 5.82. The van der Waals surface area contributed by atoms with Crippen LogP contribution in [-0.2, 0) is 4.79 Å². The van der Waals surface area contributed by atoms with Crippen LogP contribution in [-0.4, -0.2) is 20.5 Å². The van der Waals surface area contributed by atoms with Gasteiger partial charge in [0.05, 0.1) is 26.5 Å². The van der Waals surface area contributed by atoms with Crippen LogP contribution in [0.5, 0.6) is 0 Å². The topological polar surface area (TPSA) is 63.5 Å². The summed E-state index contributed by atoms with van der Waals surface area (Å²) in [6, 6.07) is 17.9. The standard InChI is InChI=1S/C19H11N3O2S2/c23-17-15(26-19(24)21-17)10-13-16(11-6-2-1-3-7-11)20-18-22(13)12-8-4-5-9-14(12)25-18/h1-10H,(H,21,23,24). The average Bonchev–Trinajstić information content (AvgIpc) is 3.28. The third kappa shape index (κ3) is 2.36. The van der Waals surface area contributed by atoms with E-state index in [1.54, 1.807) is 17.4 Å². The van der Waals surface area contributed by atoms with Gasteiger partial charge in [0.1, 0.15) is 0 Å². The van der Waals surface area contributed by atoms with E-state index in [0.717, 1.165) is 43.9 Å². The van der Waals surface area contributed by atoms with Gasteiger partial charge in [-0.25, -0.2) is 4.98 Å². The van der Waals surface area contributed by atoms with Crippen LogP contribution in [0.2, 0.25) is 0 Å². The van der Waals surface area contributed by atoms with Gasteiger partial charge in [-0.15, -0.1) is 0 Å². The summed E-state index contributed by atoms with van der Waals surface area (Å²) >= 11 is 2.52. The first kappa shape index (κ1) is 15.4. The minimum Gasteiger partial charge on any atom is -0.283 e. The van der Waals surface area contributed by atoms with E-state index in [-0.39, 0.29) is 11.1 Å². The SMILES string of the molecule is O=C1NC(=O)C(=Cc2c(-c3ccccc3)nc3sc4ccccc4n23)S1. The van der Waals surface area contributed by atoms with E-state index in [4.69, 9.17) is 4.98 Å². The maximum Gasteiger partial charge on any atom is 0.290 e. The number of nitrogens with zero attached hydrogens (tertiary/aromatic N) is 2. The van der Waals surface area contributed by atoms with Gasteiger partial charge in [0.15, 0.2) is 4.96 Å². The van der Waals surface area contributed by atoms with Crippen molar-refractivity contribution in [3.63, 3.8) is 0 Å². The Morgan fingerprint density at radius 3 is 2.54 bits per heavy atom. The fourth-order valence-electron chi connectivity index (χ4n) is 3.03. The number of imide groups is 1. The highest BCUT2D eigenvalue weighted by atomic mass is 32.2. The van der Waals surface area contributed by atoms with E-state index < -0.39 is 0 Å². The lowest BCUT2D eigenvalue weighted by Crippen LogP contribution is -2.17. The van der Waals surface area contributed by atoms with Crippen LogP contribution in [0, 0.1) is 0 Å². The molecular weight excluding hydrogens is 366 g/mol. The largest absolute Gasteiger partial charge is 0.290 e. The number of fused-ring (bicyclic) bond motifs is 3. The summed E-state index contributed by atoms with van der Waals surface area (Å²) in [5.41, 5.74) is 3.59. The fourth-order valence-corrected chi connectivity index (χ4v) is 4.72. The van der Waals surface area contributed by atoms with Crippen molar-refractivity contribution in [1.82, 2.24) is 14.7 Å². The van der Waals surface area contributed by atoms with E-state index in [2.05, 4.69) is 5.32 Å². The Hall–Kier alpha value is -2.90. The molecule has 0 spiro atoms. The summed E-state index contributed by atoms with van der Waals surface area (Å²) in [5, 5.41) is 1.96. The van der Waals surface area contributed by atoms with Gasteiger partial charge in [-0.05, 0) is 30.0 Å². The summed E-state index contributed by atoms with van der Waals surface area (Å²) in [7, 11) is 0. The molecule has 1 aliphatic rings. The van der Waals surface area contributed by atoms with Crippen molar-refractivity contribution in [3.8, 4) is 11.3 Å². The minimum atomic E-state index is -0.367. The van der Waals surface area contributed by atoms with Crippen LogP contribution >= 0.6 is 23.1 Å². The Morgan fingerprint density at radius 1 is 1.00 bits per heavy atom. The third-order valence-corrected chi connectivity index (χ3v) is 5.98. The first-order chi connectivity index (χ1) is 12.7. The van der Waals surface area contributed by atoms with Crippen molar-refractivity contribution < 1.29 is 9.59 Å². The molecule has 7 heteroatoms. The van der Waals surface area contributed by atoms with Gasteiger partial charge in [-0.1, -0.05) is 53.8 Å². The molecule has 0 unspecified atom stereocenters. The molecule has 1 saturated heterocycles. The summed E-state index contributed by atoms with van der Waals surface area (Å²) in [4.78, 5) is 29.6. The summed E-state index contributed by atoms with van der Waals surface area (Å²) < 4.78 is 3.17. The average molecular weight is 377 g/mol. The lowest BCUT2D eigenvalue weighted by atomic mass is 10.1. The molecule has 2 aromatic carbocycles. The van der Waals surface area contributed by atoms with Gasteiger partial charge in [0.25, 0.3) is 11.1 Å². The monoisotopic (exact) mass is 377 g/mol. The zero-order valence-corrected chi connectivity index (χ0v) is 14.9. The highest BCUT2D eigenvalue weighted by molar-refractivity contribution is 8.18. The molecule has 5 nitrogen and oxygen atoms in total. The quantitative estimate of drug-likeness (QED) is 0.521. The Labute approximate surface area is 156 Å². The van der Waals surface area contributed by atoms with E-state index in [0.29, 0.717) is 4.91 Å². The Kier molecular flexibility index (Phi) is 3.44. The fraction of sp³-hybridized carbons (Fsp3) is 0. The van der Waals surface area contributed by atoms with Crippen LogP contribution in [0.25, 0.3) is 32.5 Å². The number of amides is 2. The van der Waals surface area contributed by atoms with Crippen LogP contribution in [0.1, 0.15) is 5.69 Å². The molecular formula is C19H11N3O2S2. The molecule has 1 aliphatic heterocycles. The Balaban J connectivity index is 1.84. The van der Waals surface area contributed by atoms with Crippen LogP contribution < -0.4 is 5.32 Å². The normalized spacial score (nSPS) is 16.1. The zero-order valence-electron chi connectivity index (χ0n) is 13.3. The maximum absolute atomic E-state index is 12.0. The number of carbonyl (C=O) groups is 2. The van der Waals surface area contributed by atoms with Gasteiger partial charge in [0, 0.05) is 5.56 Å². The molecule has 3 heterocycles. The first-order valence-corrected chi connectivity index (χ1v) is 9.54. The highest BCUT2D eigenvalue weighted by Crippen LogP contribution is 2.35. The first-order valence-electron chi connectivity index (χ1n) is 7.91. The van der Waals surface area contributed by atoms with Crippen molar-refractivity contribution in [2.45, 2.75) is 0 Å². The lowest BCUT2D eigenvalue weighted by Gasteiger charge is -2.02. The number of para-hydroxylation sites is 1. The predicted octanol–water partition coefficient (Wildman–Crippen LogP) is 4.54. The number of nitrogens with one attached hydrogen (secondary N) is 1. The molecule has 1 fully saturated rings. The number of hydrogen-bond acceptors (Lipinski definition) is 5. The second-order valence-electron chi connectivity index (χ2n) is 5.75. The van der Waals surface area contributed by atoms with Crippen LogP contribution in [0.15, 0.2) is 59.5 Å². The number of hydrogen-bond donors (Lipinski definition) is 1. The molecule has 0 bridgehead atoms. The number of thioether (sulfide) groups is 1. The highest BCUT2D eigenvalue weighted by Gasteiger charge is 2.27. The van der Waals surface area contributed by atoms with E-state index in [1.165, 1.54) is 0 Å². The third-order valence-electron chi connectivity index (χ3n) is 4.15. The molecule has 0 aliphatic carbocycles. The van der Waals surface area contributed by atoms with E-state index in [9.17, 15) is 9.59 Å². The van der Waals surface area contributed by atoms with E-state index >= 15 is 0 Å². The predicted molar refractivity (Wildman–Crippen MR) is 105 cm³/mol. The minimum absolute atomic E-state index is 0.349. The summed E-state index contributed by atoms with van der Waals surface area (Å²) in [5.74, 6) is -0.367. The lowest BCUT2D eigenvalue weighted by molar-refractivity contribution is -0.115. The number of carbonyl (C=O) groups excluding carboxylic acids is 2. The van der Waals surface area contributed by atoms with Crippen molar-refractivity contribution in [3.05, 3.63) is 65.2 Å². The second-order valence-corrected chi connectivity index (χ2v) is 7.78. The zero-order chi connectivity index (χ0) is 17.7. The smallest absolute Gasteiger partial charge is 0.283 e. The number of benzene rings is 2. The molecule has 126 valence electrons. The van der Waals surface area contributed by atoms with Crippen molar-refractivity contribution in [2.24, 2.45) is 0 Å². The molecule has 26 heavy (non-hydrogen) atoms. The maximum atomic E-state index is 12.0. The molecule has 0 radical (unpaired) electrons. The molecule has 1 N–H and O–H groups in total. The molecule has 4 aromatic rings.